The second-order valence-corrected chi connectivity index (χ2v) is 7.63. The first-order valence-corrected chi connectivity index (χ1v) is 11.1. The molecule has 4 aromatic rings. The fraction of sp³-hybridized carbons (Fsp3) is 0.111. The molecule has 8 heteroatoms. The third kappa shape index (κ3) is 5.80. The van der Waals surface area contributed by atoms with E-state index in [1.807, 2.05) is 60.7 Å². The number of aromatic nitrogens is 2. The molecule has 2 N–H and O–H groups in total. The fourth-order valence-electron chi connectivity index (χ4n) is 3.38. The molecule has 0 saturated heterocycles. The molecule has 0 aliphatic carbocycles. The van der Waals surface area contributed by atoms with Gasteiger partial charge in [0.15, 0.2) is 12.4 Å². The normalized spacial score (nSPS) is 10.4. The number of hydrogen-bond donors (Lipinski definition) is 2. The average Bonchev–Trinajstić information content (AvgIpc) is 3.37. The maximum atomic E-state index is 12.9. The van der Waals surface area contributed by atoms with Gasteiger partial charge in [-0.2, -0.15) is 5.10 Å². The molecule has 1 aromatic heterocycles. The second kappa shape index (κ2) is 10.9. The molecule has 0 aliphatic rings. The zero-order valence-electron chi connectivity index (χ0n) is 19.1. The van der Waals surface area contributed by atoms with Crippen LogP contribution in [0.25, 0.3) is 16.9 Å². The van der Waals surface area contributed by atoms with Crippen LogP contribution >= 0.6 is 0 Å². The van der Waals surface area contributed by atoms with Crippen LogP contribution < -0.4 is 15.6 Å². The monoisotopic (exact) mass is 468 g/mol. The molecule has 35 heavy (non-hydrogen) atoms. The highest BCUT2D eigenvalue weighted by molar-refractivity contribution is 6.00. The molecule has 0 spiro atoms. The highest BCUT2D eigenvalue weighted by Gasteiger charge is 2.19. The van der Waals surface area contributed by atoms with Crippen molar-refractivity contribution in [2.75, 3.05) is 6.61 Å². The van der Waals surface area contributed by atoms with E-state index in [0.717, 1.165) is 11.3 Å². The molecular formula is C27H24N4O4. The van der Waals surface area contributed by atoms with E-state index in [0.29, 0.717) is 29.0 Å². The number of nitrogens with one attached hydrogen (secondary N) is 2. The molecule has 0 radical (unpaired) electrons. The molecule has 0 unspecified atom stereocenters. The molecule has 4 rings (SSSR count). The maximum Gasteiger partial charge on any atom is 0.276 e. The minimum Gasteiger partial charge on any atom is -0.484 e. The summed E-state index contributed by atoms with van der Waals surface area (Å²) in [7, 11) is 0. The van der Waals surface area contributed by atoms with Gasteiger partial charge in [-0.15, -0.1) is 0 Å². The number of rotatable bonds is 8. The van der Waals surface area contributed by atoms with Gasteiger partial charge in [-0.25, -0.2) is 4.68 Å². The van der Waals surface area contributed by atoms with Gasteiger partial charge >= 0.3 is 0 Å². The van der Waals surface area contributed by atoms with Crippen molar-refractivity contribution in [3.05, 3.63) is 102 Å². The van der Waals surface area contributed by atoms with E-state index in [1.165, 1.54) is 0 Å². The van der Waals surface area contributed by atoms with Gasteiger partial charge in [0.05, 0.1) is 11.3 Å². The first-order chi connectivity index (χ1) is 17.0. The van der Waals surface area contributed by atoms with Gasteiger partial charge in [-0.3, -0.25) is 25.2 Å². The number of para-hydroxylation sites is 1. The Hall–Kier alpha value is -4.72. The molecule has 8 nitrogen and oxygen atoms in total. The second-order valence-electron chi connectivity index (χ2n) is 7.63. The predicted molar refractivity (Wildman–Crippen MR) is 131 cm³/mol. The van der Waals surface area contributed by atoms with Gasteiger partial charge < -0.3 is 4.74 Å². The maximum absolute atomic E-state index is 12.9. The van der Waals surface area contributed by atoms with Crippen molar-refractivity contribution in [3.63, 3.8) is 0 Å². The first kappa shape index (κ1) is 23.4. The van der Waals surface area contributed by atoms with Crippen LogP contribution in [-0.4, -0.2) is 34.0 Å². The van der Waals surface area contributed by atoms with Gasteiger partial charge in [0, 0.05) is 23.7 Å². The van der Waals surface area contributed by atoms with Crippen molar-refractivity contribution in [1.82, 2.24) is 20.6 Å². The van der Waals surface area contributed by atoms with Crippen LogP contribution in [-0.2, 0) is 4.79 Å². The van der Waals surface area contributed by atoms with E-state index < -0.39 is 11.8 Å². The average molecular weight is 469 g/mol. The SMILES string of the molecule is CCC(=O)c1ccc(OCC(=O)NNC(=O)c2cn(-c3ccccc3)nc2-c2ccccc2)cc1. The van der Waals surface area contributed by atoms with Crippen molar-refractivity contribution in [3.8, 4) is 22.7 Å². The number of benzene rings is 3. The standard InChI is InChI=1S/C27H24N4O4/c1-2-24(32)19-13-15-22(16-14-19)35-18-25(33)28-29-27(34)23-17-31(21-11-7-4-8-12-21)30-26(23)20-9-5-3-6-10-20/h3-17H,2,18H2,1H3,(H,28,33)(H,29,34). The molecule has 0 atom stereocenters. The highest BCUT2D eigenvalue weighted by atomic mass is 16.5. The molecule has 0 bridgehead atoms. The molecule has 2 amide bonds. The van der Waals surface area contributed by atoms with E-state index in [-0.39, 0.29) is 12.4 Å². The third-order valence-corrected chi connectivity index (χ3v) is 5.21. The summed E-state index contributed by atoms with van der Waals surface area (Å²) in [6.45, 7) is 1.48. The molecule has 0 fully saturated rings. The summed E-state index contributed by atoms with van der Waals surface area (Å²) in [5.74, 6) is -0.581. The number of amides is 2. The Kier molecular flexibility index (Phi) is 7.32. The Labute approximate surface area is 202 Å². The smallest absolute Gasteiger partial charge is 0.276 e. The lowest BCUT2D eigenvalue weighted by Crippen LogP contribution is -2.43. The molecular weight excluding hydrogens is 444 g/mol. The number of nitrogens with zero attached hydrogens (tertiary/aromatic N) is 2. The topological polar surface area (TPSA) is 102 Å². The van der Waals surface area contributed by atoms with Gasteiger partial charge in [0.2, 0.25) is 0 Å². The van der Waals surface area contributed by atoms with Crippen molar-refractivity contribution in [1.29, 1.82) is 0 Å². The Morgan fingerprint density at radius 3 is 2.17 bits per heavy atom. The molecule has 3 aromatic carbocycles. The number of Topliss-reactive ketones (excluding diaryl/α,β-unsaturated/α-hetero) is 1. The van der Waals surface area contributed by atoms with Crippen LogP contribution in [0.4, 0.5) is 0 Å². The summed E-state index contributed by atoms with van der Waals surface area (Å²) >= 11 is 0. The van der Waals surface area contributed by atoms with E-state index in [4.69, 9.17) is 4.74 Å². The van der Waals surface area contributed by atoms with E-state index in [1.54, 1.807) is 42.1 Å². The summed E-state index contributed by atoms with van der Waals surface area (Å²) in [6, 6.07) is 25.3. The summed E-state index contributed by atoms with van der Waals surface area (Å²) in [4.78, 5) is 36.9. The van der Waals surface area contributed by atoms with Crippen molar-refractivity contribution < 1.29 is 19.1 Å². The number of carbonyl (C=O) groups excluding carboxylic acids is 3. The van der Waals surface area contributed by atoms with E-state index >= 15 is 0 Å². The lowest BCUT2D eigenvalue weighted by atomic mass is 10.1. The quantitative estimate of drug-likeness (QED) is 0.301. The van der Waals surface area contributed by atoms with Crippen molar-refractivity contribution in [2.45, 2.75) is 13.3 Å². The van der Waals surface area contributed by atoms with Gasteiger partial charge in [0.1, 0.15) is 11.4 Å². The Morgan fingerprint density at radius 1 is 0.857 bits per heavy atom. The third-order valence-electron chi connectivity index (χ3n) is 5.21. The number of ether oxygens (including phenoxy) is 1. The molecule has 1 heterocycles. The predicted octanol–water partition coefficient (Wildman–Crippen LogP) is 3.97. The van der Waals surface area contributed by atoms with Crippen molar-refractivity contribution in [2.24, 2.45) is 0 Å². The highest BCUT2D eigenvalue weighted by Crippen LogP contribution is 2.23. The zero-order valence-corrected chi connectivity index (χ0v) is 19.1. The van der Waals surface area contributed by atoms with Crippen LogP contribution in [0, 0.1) is 0 Å². The summed E-state index contributed by atoms with van der Waals surface area (Å²) in [5.41, 5.74) is 7.73. The lowest BCUT2D eigenvalue weighted by molar-refractivity contribution is -0.123. The van der Waals surface area contributed by atoms with E-state index in [9.17, 15) is 14.4 Å². The van der Waals surface area contributed by atoms with Crippen LogP contribution in [0.15, 0.2) is 91.1 Å². The van der Waals surface area contributed by atoms with Gasteiger partial charge in [0.25, 0.3) is 11.8 Å². The van der Waals surface area contributed by atoms with Crippen LogP contribution in [0.1, 0.15) is 34.1 Å². The Morgan fingerprint density at radius 2 is 1.51 bits per heavy atom. The lowest BCUT2D eigenvalue weighted by Gasteiger charge is -2.09. The summed E-state index contributed by atoms with van der Waals surface area (Å²) in [6.07, 6.45) is 2.04. The number of carbonyl (C=O) groups is 3. The number of hydrazine groups is 1. The fourth-order valence-corrected chi connectivity index (χ4v) is 3.38. The molecule has 176 valence electrons. The molecule has 0 saturated carbocycles. The zero-order chi connectivity index (χ0) is 24.6. The van der Waals surface area contributed by atoms with Gasteiger partial charge in [-0.1, -0.05) is 55.5 Å². The Balaban J connectivity index is 1.41. The Bertz CT molecular complexity index is 1320. The summed E-state index contributed by atoms with van der Waals surface area (Å²) < 4.78 is 7.06. The summed E-state index contributed by atoms with van der Waals surface area (Å²) in [5, 5.41) is 4.59. The molecule has 0 aliphatic heterocycles. The van der Waals surface area contributed by atoms with Crippen LogP contribution in [0.5, 0.6) is 5.75 Å². The number of hydrogen-bond acceptors (Lipinski definition) is 5. The number of ketones is 1. The van der Waals surface area contributed by atoms with Crippen LogP contribution in [0.2, 0.25) is 0 Å². The largest absolute Gasteiger partial charge is 0.484 e. The van der Waals surface area contributed by atoms with E-state index in [2.05, 4.69) is 16.0 Å². The minimum atomic E-state index is -0.538. The first-order valence-electron chi connectivity index (χ1n) is 11.1. The van der Waals surface area contributed by atoms with Gasteiger partial charge in [-0.05, 0) is 36.4 Å². The minimum absolute atomic E-state index is 0.0301. The van der Waals surface area contributed by atoms with Crippen molar-refractivity contribution >= 4 is 17.6 Å². The van der Waals surface area contributed by atoms with Crippen LogP contribution in [0.3, 0.4) is 0 Å².